The van der Waals surface area contributed by atoms with E-state index in [-0.39, 0.29) is 30.3 Å². The summed E-state index contributed by atoms with van der Waals surface area (Å²) in [4.78, 5) is 1.58. The first-order chi connectivity index (χ1) is 9.45. The van der Waals surface area contributed by atoms with Crippen LogP contribution in [0.3, 0.4) is 0 Å². The van der Waals surface area contributed by atoms with Crippen molar-refractivity contribution in [2.45, 2.75) is 4.90 Å². The van der Waals surface area contributed by atoms with E-state index in [1.807, 2.05) is 4.90 Å². The standard InChI is InChI=1S/C12H18FN3O3S/c13-11-2-1-10(14)9-12(11)20(18,19)16-5-3-15(4-6-16)7-8-17/h1-2,9,17H,3-8,14H2. The van der Waals surface area contributed by atoms with Gasteiger partial charge >= 0.3 is 0 Å². The summed E-state index contributed by atoms with van der Waals surface area (Å²) in [6.07, 6.45) is 0. The van der Waals surface area contributed by atoms with Crippen molar-refractivity contribution in [3.63, 3.8) is 0 Å². The molecule has 1 aromatic carbocycles. The van der Waals surface area contributed by atoms with Gasteiger partial charge in [0.15, 0.2) is 0 Å². The minimum atomic E-state index is -3.86. The molecule has 6 nitrogen and oxygen atoms in total. The third-order valence-corrected chi connectivity index (χ3v) is 5.23. The van der Waals surface area contributed by atoms with Gasteiger partial charge in [-0.25, -0.2) is 12.8 Å². The van der Waals surface area contributed by atoms with Crippen molar-refractivity contribution in [2.24, 2.45) is 0 Å². The molecule has 1 aliphatic heterocycles. The lowest BCUT2D eigenvalue weighted by molar-refractivity contribution is 0.151. The van der Waals surface area contributed by atoms with Crippen LogP contribution in [0.15, 0.2) is 23.1 Å². The van der Waals surface area contributed by atoms with Gasteiger partial charge in [0.05, 0.1) is 6.61 Å². The maximum Gasteiger partial charge on any atom is 0.246 e. The number of anilines is 1. The predicted octanol–water partition coefficient (Wildman–Crippen LogP) is -0.294. The number of nitrogen functional groups attached to an aromatic ring is 1. The average molecular weight is 303 g/mol. The zero-order chi connectivity index (χ0) is 14.8. The summed E-state index contributed by atoms with van der Waals surface area (Å²) >= 11 is 0. The number of nitrogens with zero attached hydrogens (tertiary/aromatic N) is 2. The number of aliphatic hydroxyl groups is 1. The minimum absolute atomic E-state index is 0.0383. The number of β-amino-alcohol motifs (C(OH)–C–C–N with tert-alkyl or cyclic N) is 1. The smallest absolute Gasteiger partial charge is 0.246 e. The zero-order valence-electron chi connectivity index (χ0n) is 11.0. The third-order valence-electron chi connectivity index (χ3n) is 3.32. The number of nitrogens with two attached hydrogens (primary N) is 1. The molecular weight excluding hydrogens is 285 g/mol. The van der Waals surface area contributed by atoms with Crippen LogP contribution in [0.25, 0.3) is 0 Å². The quantitative estimate of drug-likeness (QED) is 0.746. The normalized spacial score (nSPS) is 18.3. The van der Waals surface area contributed by atoms with Gasteiger partial charge in [-0.2, -0.15) is 4.31 Å². The van der Waals surface area contributed by atoms with Crippen LogP contribution in [0.1, 0.15) is 0 Å². The number of halogens is 1. The van der Waals surface area contributed by atoms with E-state index in [1.54, 1.807) is 0 Å². The van der Waals surface area contributed by atoms with Crippen LogP contribution in [-0.4, -0.2) is 62.1 Å². The van der Waals surface area contributed by atoms with Gasteiger partial charge in [0, 0.05) is 38.4 Å². The largest absolute Gasteiger partial charge is 0.399 e. The van der Waals surface area contributed by atoms with E-state index < -0.39 is 15.8 Å². The van der Waals surface area contributed by atoms with Gasteiger partial charge in [0.2, 0.25) is 10.0 Å². The SMILES string of the molecule is Nc1ccc(F)c(S(=O)(=O)N2CCN(CCO)CC2)c1. The molecule has 20 heavy (non-hydrogen) atoms. The molecule has 0 saturated carbocycles. The van der Waals surface area contributed by atoms with Gasteiger partial charge < -0.3 is 10.8 Å². The summed E-state index contributed by atoms with van der Waals surface area (Å²) in [6.45, 7) is 2.14. The first kappa shape index (κ1) is 15.2. The molecule has 0 spiro atoms. The Labute approximate surface area is 117 Å². The number of aliphatic hydroxyl groups excluding tert-OH is 1. The summed E-state index contributed by atoms with van der Waals surface area (Å²) in [5.74, 6) is -0.794. The summed E-state index contributed by atoms with van der Waals surface area (Å²) in [6, 6.07) is 3.53. The van der Waals surface area contributed by atoms with Gasteiger partial charge in [0.25, 0.3) is 0 Å². The van der Waals surface area contributed by atoms with Crippen LogP contribution in [0.4, 0.5) is 10.1 Å². The van der Waals surface area contributed by atoms with Crippen LogP contribution in [0.2, 0.25) is 0 Å². The van der Waals surface area contributed by atoms with Gasteiger partial charge in [-0.1, -0.05) is 0 Å². The zero-order valence-corrected chi connectivity index (χ0v) is 11.8. The fourth-order valence-electron chi connectivity index (χ4n) is 2.19. The van der Waals surface area contributed by atoms with Crippen molar-refractivity contribution in [1.29, 1.82) is 0 Å². The van der Waals surface area contributed by atoms with E-state index in [0.717, 1.165) is 12.1 Å². The van der Waals surface area contributed by atoms with Crippen LogP contribution < -0.4 is 5.73 Å². The van der Waals surface area contributed by atoms with Crippen LogP contribution in [0, 0.1) is 5.82 Å². The molecule has 0 amide bonds. The van der Waals surface area contributed by atoms with Crippen molar-refractivity contribution in [3.8, 4) is 0 Å². The van der Waals surface area contributed by atoms with E-state index in [1.165, 1.54) is 10.4 Å². The Hall–Kier alpha value is -1.22. The lowest BCUT2D eigenvalue weighted by Crippen LogP contribution is -2.49. The summed E-state index contributed by atoms with van der Waals surface area (Å²) < 4.78 is 39.7. The molecule has 1 saturated heterocycles. The number of hydrogen-bond acceptors (Lipinski definition) is 5. The lowest BCUT2D eigenvalue weighted by atomic mass is 10.3. The number of benzene rings is 1. The van der Waals surface area contributed by atoms with Crippen molar-refractivity contribution in [1.82, 2.24) is 9.21 Å². The summed E-state index contributed by atoms with van der Waals surface area (Å²) in [5, 5.41) is 8.85. The molecule has 2 rings (SSSR count). The maximum atomic E-state index is 13.7. The maximum absolute atomic E-state index is 13.7. The van der Waals surface area contributed by atoms with E-state index in [4.69, 9.17) is 10.8 Å². The molecule has 0 atom stereocenters. The van der Waals surface area contributed by atoms with E-state index in [0.29, 0.717) is 19.6 Å². The monoisotopic (exact) mass is 303 g/mol. The second-order valence-electron chi connectivity index (χ2n) is 4.66. The highest BCUT2D eigenvalue weighted by atomic mass is 32.2. The molecular formula is C12H18FN3O3S. The second-order valence-corrected chi connectivity index (χ2v) is 6.57. The molecule has 1 heterocycles. The molecule has 0 aromatic heterocycles. The second kappa shape index (κ2) is 6.04. The topological polar surface area (TPSA) is 86.9 Å². The van der Waals surface area contributed by atoms with Crippen LogP contribution in [0.5, 0.6) is 0 Å². The molecule has 0 aliphatic carbocycles. The molecule has 8 heteroatoms. The number of sulfonamides is 1. The van der Waals surface area contributed by atoms with Gasteiger partial charge in [-0.15, -0.1) is 0 Å². The molecule has 3 N–H and O–H groups in total. The first-order valence-corrected chi connectivity index (χ1v) is 7.77. The van der Waals surface area contributed by atoms with Crippen molar-refractivity contribution in [3.05, 3.63) is 24.0 Å². The van der Waals surface area contributed by atoms with E-state index in [9.17, 15) is 12.8 Å². The van der Waals surface area contributed by atoms with Gasteiger partial charge in [-0.3, -0.25) is 4.90 Å². The fourth-order valence-corrected chi connectivity index (χ4v) is 3.71. The first-order valence-electron chi connectivity index (χ1n) is 6.33. The minimum Gasteiger partial charge on any atom is -0.399 e. The number of piperazine rings is 1. The van der Waals surface area contributed by atoms with Crippen molar-refractivity contribution in [2.75, 3.05) is 45.1 Å². The highest BCUT2D eigenvalue weighted by molar-refractivity contribution is 7.89. The third kappa shape index (κ3) is 3.09. The molecule has 1 fully saturated rings. The number of rotatable bonds is 4. The van der Waals surface area contributed by atoms with Crippen LogP contribution in [-0.2, 0) is 10.0 Å². The number of hydrogen-bond donors (Lipinski definition) is 2. The van der Waals surface area contributed by atoms with Gasteiger partial charge in [-0.05, 0) is 18.2 Å². The summed E-state index contributed by atoms with van der Waals surface area (Å²) in [5.41, 5.74) is 5.74. The van der Waals surface area contributed by atoms with E-state index in [2.05, 4.69) is 0 Å². The van der Waals surface area contributed by atoms with E-state index >= 15 is 0 Å². The molecule has 0 bridgehead atoms. The molecule has 112 valence electrons. The Morgan fingerprint density at radius 2 is 1.90 bits per heavy atom. The Morgan fingerprint density at radius 1 is 1.25 bits per heavy atom. The molecule has 0 unspecified atom stereocenters. The molecule has 1 aliphatic rings. The average Bonchev–Trinajstić information content (AvgIpc) is 2.42. The van der Waals surface area contributed by atoms with Crippen molar-refractivity contribution < 1.29 is 17.9 Å². The lowest BCUT2D eigenvalue weighted by Gasteiger charge is -2.33. The van der Waals surface area contributed by atoms with Crippen LogP contribution >= 0.6 is 0 Å². The Balaban J connectivity index is 2.18. The Bertz CT molecular complexity index is 571. The Kier molecular flexibility index (Phi) is 4.59. The fraction of sp³-hybridized carbons (Fsp3) is 0.500. The predicted molar refractivity (Wildman–Crippen MR) is 73.1 cm³/mol. The highest BCUT2D eigenvalue weighted by Crippen LogP contribution is 2.22. The summed E-state index contributed by atoms with van der Waals surface area (Å²) in [7, 11) is -3.86. The highest BCUT2D eigenvalue weighted by Gasteiger charge is 2.30. The molecule has 0 radical (unpaired) electrons. The van der Waals surface area contributed by atoms with Gasteiger partial charge in [0.1, 0.15) is 10.7 Å². The Morgan fingerprint density at radius 3 is 2.50 bits per heavy atom. The van der Waals surface area contributed by atoms with Crippen molar-refractivity contribution >= 4 is 15.7 Å². The molecule has 1 aromatic rings.